The van der Waals surface area contributed by atoms with Crippen molar-refractivity contribution in [1.82, 2.24) is 9.97 Å². The van der Waals surface area contributed by atoms with Crippen molar-refractivity contribution in [2.75, 3.05) is 0 Å². The van der Waals surface area contributed by atoms with Crippen molar-refractivity contribution in [3.8, 4) is 0 Å². The number of nitrogens with one attached hydrogen (secondary N) is 1. The zero-order valence-corrected chi connectivity index (χ0v) is 10.8. The van der Waals surface area contributed by atoms with E-state index in [1.165, 1.54) is 24.2 Å². The fourth-order valence-corrected chi connectivity index (χ4v) is 3.36. The molecular weight excluding hydrogens is 236 g/mol. The van der Waals surface area contributed by atoms with Gasteiger partial charge in [-0.1, -0.05) is 31.0 Å². The molecule has 1 saturated carbocycles. The third-order valence-corrected chi connectivity index (χ3v) is 4.30. The molecule has 2 N–H and O–H groups in total. The normalized spacial score (nSPS) is 25.5. The van der Waals surface area contributed by atoms with Gasteiger partial charge in [0.25, 0.3) is 5.56 Å². The summed E-state index contributed by atoms with van der Waals surface area (Å²) in [5.74, 6) is 0. The van der Waals surface area contributed by atoms with Crippen LogP contribution in [-0.4, -0.2) is 26.4 Å². The van der Waals surface area contributed by atoms with Gasteiger partial charge in [-0.15, -0.1) is 0 Å². The van der Waals surface area contributed by atoms with Crippen molar-refractivity contribution >= 4 is 11.8 Å². The maximum atomic E-state index is 11.3. The maximum Gasteiger partial charge on any atom is 0.251 e. The van der Waals surface area contributed by atoms with Crippen LogP contribution in [0, 0.1) is 6.92 Å². The van der Waals surface area contributed by atoms with E-state index in [2.05, 4.69) is 9.97 Å². The fraction of sp³-hybridized carbons (Fsp3) is 0.667. The van der Waals surface area contributed by atoms with E-state index in [9.17, 15) is 9.90 Å². The number of nitrogens with zero attached hydrogens (tertiary/aromatic N) is 1. The Balaban J connectivity index is 2.10. The van der Waals surface area contributed by atoms with Gasteiger partial charge in [-0.3, -0.25) is 4.79 Å². The molecule has 1 fully saturated rings. The fourth-order valence-electron chi connectivity index (χ4n) is 2.14. The molecule has 0 amide bonds. The molecule has 4 nitrogen and oxygen atoms in total. The summed E-state index contributed by atoms with van der Waals surface area (Å²) in [6.45, 7) is 1.81. The quantitative estimate of drug-likeness (QED) is 0.624. The van der Waals surface area contributed by atoms with Gasteiger partial charge in [0, 0.05) is 17.0 Å². The van der Waals surface area contributed by atoms with E-state index in [1.54, 1.807) is 0 Å². The molecule has 0 aromatic carbocycles. The second-order valence-electron chi connectivity index (χ2n) is 4.55. The van der Waals surface area contributed by atoms with Crippen LogP contribution in [-0.2, 0) is 0 Å². The van der Waals surface area contributed by atoms with E-state index >= 15 is 0 Å². The van der Waals surface area contributed by atoms with Crippen molar-refractivity contribution in [3.05, 3.63) is 22.1 Å². The number of aryl methyl sites for hydroxylation is 1. The van der Waals surface area contributed by atoms with E-state index in [1.807, 2.05) is 6.92 Å². The second kappa shape index (κ2) is 5.69. The Kier molecular flexibility index (Phi) is 4.23. The predicted molar refractivity (Wildman–Crippen MR) is 68.3 cm³/mol. The molecule has 1 aliphatic rings. The van der Waals surface area contributed by atoms with Gasteiger partial charge in [0.2, 0.25) is 0 Å². The molecule has 2 atom stereocenters. The first-order chi connectivity index (χ1) is 8.15. The smallest absolute Gasteiger partial charge is 0.251 e. The number of aliphatic hydroxyl groups is 1. The van der Waals surface area contributed by atoms with Gasteiger partial charge in [-0.05, 0) is 19.8 Å². The molecule has 2 rings (SSSR count). The summed E-state index contributed by atoms with van der Waals surface area (Å²) in [5, 5.41) is 10.8. The first kappa shape index (κ1) is 12.6. The highest BCUT2D eigenvalue weighted by atomic mass is 32.2. The number of aromatic nitrogens is 2. The Morgan fingerprint density at radius 2 is 2.18 bits per heavy atom. The average molecular weight is 254 g/mol. The Morgan fingerprint density at radius 1 is 1.41 bits per heavy atom. The Hall–Kier alpha value is -0.810. The Bertz CT molecular complexity index is 433. The van der Waals surface area contributed by atoms with Gasteiger partial charge < -0.3 is 10.1 Å². The summed E-state index contributed by atoms with van der Waals surface area (Å²) in [7, 11) is 0. The Labute approximate surface area is 105 Å². The molecular formula is C12H18N2O2S. The summed E-state index contributed by atoms with van der Waals surface area (Å²) >= 11 is 1.50. The molecule has 0 radical (unpaired) electrons. The number of aromatic amines is 1. The molecule has 1 aromatic rings. The van der Waals surface area contributed by atoms with Crippen LogP contribution in [0.3, 0.4) is 0 Å². The third kappa shape index (κ3) is 3.57. The summed E-state index contributed by atoms with van der Waals surface area (Å²) in [6.07, 6.45) is 4.98. The zero-order valence-electron chi connectivity index (χ0n) is 9.98. The molecule has 5 heteroatoms. The molecule has 1 heterocycles. The van der Waals surface area contributed by atoms with Crippen LogP contribution in [0.15, 0.2) is 16.0 Å². The van der Waals surface area contributed by atoms with E-state index in [0.717, 1.165) is 31.4 Å². The van der Waals surface area contributed by atoms with Crippen LogP contribution in [0.1, 0.15) is 37.8 Å². The van der Waals surface area contributed by atoms with E-state index in [-0.39, 0.29) is 16.9 Å². The van der Waals surface area contributed by atoms with Crippen LogP contribution >= 0.6 is 11.8 Å². The minimum absolute atomic E-state index is 0.122. The molecule has 0 aliphatic heterocycles. The average Bonchev–Trinajstić information content (AvgIpc) is 2.43. The van der Waals surface area contributed by atoms with E-state index in [4.69, 9.17) is 0 Å². The lowest BCUT2D eigenvalue weighted by molar-refractivity contribution is 0.163. The topological polar surface area (TPSA) is 66.0 Å². The molecule has 94 valence electrons. The zero-order chi connectivity index (χ0) is 12.3. The summed E-state index contributed by atoms with van der Waals surface area (Å²) in [4.78, 5) is 18.3. The minimum atomic E-state index is -0.284. The van der Waals surface area contributed by atoms with Gasteiger partial charge in [0.15, 0.2) is 5.16 Å². The highest BCUT2D eigenvalue weighted by molar-refractivity contribution is 7.99. The summed E-state index contributed by atoms with van der Waals surface area (Å²) < 4.78 is 0. The number of hydrogen-bond donors (Lipinski definition) is 2. The molecule has 0 bridgehead atoms. The number of H-pyrrole nitrogens is 1. The third-order valence-electron chi connectivity index (χ3n) is 3.03. The van der Waals surface area contributed by atoms with Gasteiger partial charge in [0.1, 0.15) is 0 Å². The van der Waals surface area contributed by atoms with E-state index in [0.29, 0.717) is 5.16 Å². The number of aliphatic hydroxyl groups excluding tert-OH is 1. The van der Waals surface area contributed by atoms with Gasteiger partial charge in [-0.25, -0.2) is 4.98 Å². The molecule has 1 aliphatic carbocycles. The first-order valence-electron chi connectivity index (χ1n) is 6.08. The molecule has 1 aromatic heterocycles. The van der Waals surface area contributed by atoms with Gasteiger partial charge in [0.05, 0.1) is 6.10 Å². The van der Waals surface area contributed by atoms with Crippen LogP contribution in [0.25, 0.3) is 0 Å². The maximum absolute atomic E-state index is 11.3. The summed E-state index contributed by atoms with van der Waals surface area (Å²) in [5.41, 5.74) is 0.600. The lowest BCUT2D eigenvalue weighted by atomic mass is 10.1. The highest BCUT2D eigenvalue weighted by Gasteiger charge is 2.23. The Morgan fingerprint density at radius 3 is 2.94 bits per heavy atom. The monoisotopic (exact) mass is 254 g/mol. The van der Waals surface area contributed by atoms with Gasteiger partial charge in [-0.2, -0.15) is 0 Å². The largest absolute Gasteiger partial charge is 0.392 e. The second-order valence-corrected chi connectivity index (χ2v) is 5.78. The van der Waals surface area contributed by atoms with Crippen molar-refractivity contribution in [2.45, 2.75) is 55.5 Å². The first-order valence-corrected chi connectivity index (χ1v) is 6.96. The molecule has 0 saturated heterocycles. The SMILES string of the molecule is Cc1cc(=O)[nH]c(SC2CCCCCC2O)n1. The van der Waals surface area contributed by atoms with Crippen LogP contribution < -0.4 is 5.56 Å². The van der Waals surface area contributed by atoms with Gasteiger partial charge >= 0.3 is 0 Å². The van der Waals surface area contributed by atoms with Crippen LogP contribution in [0.2, 0.25) is 0 Å². The number of hydrogen-bond acceptors (Lipinski definition) is 4. The van der Waals surface area contributed by atoms with Crippen LogP contribution in [0.5, 0.6) is 0 Å². The number of rotatable bonds is 2. The molecule has 2 unspecified atom stereocenters. The lowest BCUT2D eigenvalue weighted by Crippen LogP contribution is -2.22. The highest BCUT2D eigenvalue weighted by Crippen LogP contribution is 2.30. The van der Waals surface area contributed by atoms with E-state index < -0.39 is 0 Å². The van der Waals surface area contributed by atoms with Crippen molar-refractivity contribution in [2.24, 2.45) is 0 Å². The minimum Gasteiger partial charge on any atom is -0.392 e. The predicted octanol–water partition coefficient (Wildman–Crippen LogP) is 1.86. The lowest BCUT2D eigenvalue weighted by Gasteiger charge is -2.18. The van der Waals surface area contributed by atoms with Crippen molar-refractivity contribution < 1.29 is 5.11 Å². The summed E-state index contributed by atoms with van der Waals surface area (Å²) in [6, 6.07) is 1.48. The van der Waals surface area contributed by atoms with Crippen molar-refractivity contribution in [1.29, 1.82) is 0 Å². The van der Waals surface area contributed by atoms with Crippen LogP contribution in [0.4, 0.5) is 0 Å². The molecule has 17 heavy (non-hydrogen) atoms. The molecule has 0 spiro atoms. The standard InChI is InChI=1S/C12H18N2O2S/c1-8-7-11(16)14-12(13-8)17-10-6-4-2-3-5-9(10)15/h7,9-10,15H,2-6H2,1H3,(H,13,14,16). The van der Waals surface area contributed by atoms with Crippen molar-refractivity contribution in [3.63, 3.8) is 0 Å². The number of thioether (sulfide) groups is 1.